The molecule has 1 saturated heterocycles. The number of aryl methyl sites for hydroxylation is 3. The molecular weight excluding hydrogens is 398 g/mol. The molecule has 2 aliphatic heterocycles. The molecule has 30 heavy (non-hydrogen) atoms. The molecule has 6 heteroatoms. The molecule has 0 N–H and O–H groups in total. The van der Waals surface area contributed by atoms with E-state index < -0.39 is 0 Å². The quantitative estimate of drug-likeness (QED) is 0.704. The van der Waals surface area contributed by atoms with Crippen molar-refractivity contribution >= 4 is 34.7 Å². The summed E-state index contributed by atoms with van der Waals surface area (Å²) in [6, 6.07) is 11.2. The SMILES string of the molecule is Cc1ccc(C2=C(N3CCN(C)CC3)C(=O)N(c3ccc(Cl)cc3C)C2=O)c(C)c1. The van der Waals surface area contributed by atoms with Gasteiger partial charge in [-0.05, 0) is 62.7 Å². The summed E-state index contributed by atoms with van der Waals surface area (Å²) >= 11 is 6.11. The molecule has 2 aromatic rings. The third-order valence-corrected chi connectivity index (χ3v) is 6.17. The summed E-state index contributed by atoms with van der Waals surface area (Å²) in [5.41, 5.74) is 5.32. The van der Waals surface area contributed by atoms with E-state index in [1.54, 1.807) is 18.2 Å². The van der Waals surface area contributed by atoms with Crippen molar-refractivity contribution in [1.82, 2.24) is 9.80 Å². The lowest BCUT2D eigenvalue weighted by atomic mass is 9.97. The fourth-order valence-electron chi connectivity index (χ4n) is 4.27. The molecule has 4 rings (SSSR count). The lowest BCUT2D eigenvalue weighted by Gasteiger charge is -2.34. The maximum atomic E-state index is 13.7. The zero-order valence-corrected chi connectivity index (χ0v) is 18.6. The second-order valence-electron chi connectivity index (χ2n) is 8.21. The minimum Gasteiger partial charge on any atom is -0.364 e. The molecule has 0 spiro atoms. The van der Waals surface area contributed by atoms with Crippen LogP contribution in [0.15, 0.2) is 42.1 Å². The number of piperazine rings is 1. The van der Waals surface area contributed by atoms with Crippen LogP contribution in [0.25, 0.3) is 5.57 Å². The maximum Gasteiger partial charge on any atom is 0.282 e. The average molecular weight is 424 g/mol. The Bertz CT molecular complexity index is 1070. The molecule has 1 fully saturated rings. The van der Waals surface area contributed by atoms with Crippen molar-refractivity contribution in [3.8, 4) is 0 Å². The van der Waals surface area contributed by atoms with Gasteiger partial charge < -0.3 is 9.80 Å². The Hall–Kier alpha value is -2.63. The van der Waals surface area contributed by atoms with Crippen LogP contribution in [0.4, 0.5) is 5.69 Å². The van der Waals surface area contributed by atoms with Gasteiger partial charge in [0.25, 0.3) is 11.8 Å². The largest absolute Gasteiger partial charge is 0.364 e. The van der Waals surface area contributed by atoms with Crippen LogP contribution in [0.2, 0.25) is 5.02 Å². The summed E-state index contributed by atoms with van der Waals surface area (Å²) in [6.07, 6.45) is 0. The van der Waals surface area contributed by atoms with Crippen LogP contribution < -0.4 is 4.90 Å². The van der Waals surface area contributed by atoms with Crippen LogP contribution in [-0.2, 0) is 9.59 Å². The van der Waals surface area contributed by atoms with Gasteiger partial charge in [0.1, 0.15) is 5.70 Å². The Labute approximate surface area is 182 Å². The van der Waals surface area contributed by atoms with Crippen LogP contribution in [0.3, 0.4) is 0 Å². The second kappa shape index (κ2) is 7.89. The molecule has 2 amide bonds. The van der Waals surface area contributed by atoms with Crippen LogP contribution in [0.5, 0.6) is 0 Å². The number of anilines is 1. The smallest absolute Gasteiger partial charge is 0.282 e. The Morgan fingerprint density at radius 1 is 0.833 bits per heavy atom. The van der Waals surface area contributed by atoms with E-state index in [4.69, 9.17) is 11.6 Å². The monoisotopic (exact) mass is 423 g/mol. The van der Waals surface area contributed by atoms with Gasteiger partial charge in [-0.15, -0.1) is 0 Å². The summed E-state index contributed by atoms with van der Waals surface area (Å²) in [5, 5.41) is 0.581. The molecule has 2 aliphatic rings. The van der Waals surface area contributed by atoms with Crippen molar-refractivity contribution in [2.45, 2.75) is 20.8 Å². The number of hydrogen-bond acceptors (Lipinski definition) is 4. The topological polar surface area (TPSA) is 43.9 Å². The summed E-state index contributed by atoms with van der Waals surface area (Å²) in [5.74, 6) is -0.531. The Morgan fingerprint density at radius 2 is 1.53 bits per heavy atom. The van der Waals surface area contributed by atoms with E-state index in [0.29, 0.717) is 35.1 Å². The van der Waals surface area contributed by atoms with Gasteiger partial charge in [0.2, 0.25) is 0 Å². The summed E-state index contributed by atoms with van der Waals surface area (Å²) in [4.78, 5) is 33.0. The molecule has 0 atom stereocenters. The van der Waals surface area contributed by atoms with Crippen molar-refractivity contribution < 1.29 is 9.59 Å². The summed E-state index contributed by atoms with van der Waals surface area (Å²) in [7, 11) is 2.07. The number of benzene rings is 2. The zero-order valence-electron chi connectivity index (χ0n) is 17.8. The number of nitrogens with zero attached hydrogens (tertiary/aromatic N) is 3. The molecule has 0 saturated carbocycles. The van der Waals surface area contributed by atoms with E-state index in [-0.39, 0.29) is 11.8 Å². The van der Waals surface area contributed by atoms with Gasteiger partial charge in [-0.25, -0.2) is 4.90 Å². The number of carbonyl (C=O) groups is 2. The van der Waals surface area contributed by atoms with E-state index in [9.17, 15) is 9.59 Å². The van der Waals surface area contributed by atoms with Crippen LogP contribution in [0, 0.1) is 20.8 Å². The van der Waals surface area contributed by atoms with Crippen molar-refractivity contribution in [1.29, 1.82) is 0 Å². The van der Waals surface area contributed by atoms with Crippen molar-refractivity contribution in [2.75, 3.05) is 38.1 Å². The van der Waals surface area contributed by atoms with E-state index >= 15 is 0 Å². The molecular formula is C24H26ClN3O2. The fraction of sp³-hybridized carbons (Fsp3) is 0.333. The normalized spacial score (nSPS) is 18.0. The van der Waals surface area contributed by atoms with Gasteiger partial charge in [-0.2, -0.15) is 0 Å². The van der Waals surface area contributed by atoms with Crippen LogP contribution in [-0.4, -0.2) is 54.8 Å². The lowest BCUT2D eigenvalue weighted by Crippen LogP contribution is -2.46. The van der Waals surface area contributed by atoms with E-state index in [0.717, 1.165) is 35.3 Å². The first-order valence-electron chi connectivity index (χ1n) is 10.2. The standard InChI is InChI=1S/C24H26ClN3O2/c1-15-5-7-19(16(2)13-15)21-22(27-11-9-26(4)10-12-27)24(30)28(23(21)29)20-8-6-18(25)14-17(20)3/h5-8,13-14H,9-12H2,1-4H3. The number of halogens is 1. The highest BCUT2D eigenvalue weighted by Gasteiger charge is 2.43. The Morgan fingerprint density at radius 3 is 2.17 bits per heavy atom. The van der Waals surface area contributed by atoms with Crippen LogP contribution >= 0.6 is 11.6 Å². The lowest BCUT2D eigenvalue weighted by molar-refractivity contribution is -0.120. The predicted octanol–water partition coefficient (Wildman–Crippen LogP) is 3.80. The summed E-state index contributed by atoms with van der Waals surface area (Å²) < 4.78 is 0. The van der Waals surface area contributed by atoms with Gasteiger partial charge in [-0.3, -0.25) is 9.59 Å². The van der Waals surface area contributed by atoms with Gasteiger partial charge in [-0.1, -0.05) is 35.4 Å². The second-order valence-corrected chi connectivity index (χ2v) is 8.65. The average Bonchev–Trinajstić information content (AvgIpc) is 2.93. The Balaban J connectivity index is 1.86. The maximum absolute atomic E-state index is 13.7. The van der Waals surface area contributed by atoms with E-state index in [1.165, 1.54) is 4.90 Å². The van der Waals surface area contributed by atoms with Gasteiger partial charge in [0.05, 0.1) is 11.3 Å². The molecule has 0 unspecified atom stereocenters. The molecule has 0 radical (unpaired) electrons. The fourth-order valence-corrected chi connectivity index (χ4v) is 4.49. The third-order valence-electron chi connectivity index (χ3n) is 5.93. The molecule has 0 bridgehead atoms. The number of carbonyl (C=O) groups excluding carboxylic acids is 2. The first-order valence-corrected chi connectivity index (χ1v) is 10.6. The van der Waals surface area contributed by atoms with Crippen molar-refractivity contribution in [3.05, 3.63) is 69.4 Å². The van der Waals surface area contributed by atoms with Gasteiger partial charge in [0.15, 0.2) is 0 Å². The zero-order chi connectivity index (χ0) is 21.6. The van der Waals surface area contributed by atoms with Gasteiger partial charge >= 0.3 is 0 Å². The number of likely N-dealkylation sites (N-methyl/N-ethyl adjacent to an activating group) is 1. The molecule has 156 valence electrons. The molecule has 0 aliphatic carbocycles. The molecule has 2 heterocycles. The predicted molar refractivity (Wildman–Crippen MR) is 121 cm³/mol. The number of hydrogen-bond donors (Lipinski definition) is 0. The minimum atomic E-state index is -0.272. The van der Waals surface area contributed by atoms with E-state index in [1.807, 2.05) is 32.9 Å². The number of imide groups is 1. The first-order chi connectivity index (χ1) is 14.3. The summed E-state index contributed by atoms with van der Waals surface area (Å²) in [6.45, 7) is 9.02. The van der Waals surface area contributed by atoms with Gasteiger partial charge in [0, 0.05) is 31.2 Å². The first kappa shape index (κ1) is 20.6. The molecule has 2 aromatic carbocycles. The number of rotatable bonds is 3. The molecule has 0 aromatic heterocycles. The highest BCUT2D eigenvalue weighted by atomic mass is 35.5. The highest BCUT2D eigenvalue weighted by molar-refractivity contribution is 6.45. The van der Waals surface area contributed by atoms with Crippen LogP contribution in [0.1, 0.15) is 22.3 Å². The van der Waals surface area contributed by atoms with E-state index in [2.05, 4.69) is 22.9 Å². The third kappa shape index (κ3) is 3.53. The van der Waals surface area contributed by atoms with Crippen molar-refractivity contribution in [2.24, 2.45) is 0 Å². The Kier molecular flexibility index (Phi) is 5.43. The number of amides is 2. The molecule has 5 nitrogen and oxygen atoms in total. The minimum absolute atomic E-state index is 0.259. The van der Waals surface area contributed by atoms with Crippen molar-refractivity contribution in [3.63, 3.8) is 0 Å². The highest BCUT2D eigenvalue weighted by Crippen LogP contribution is 2.38.